The zero-order valence-electron chi connectivity index (χ0n) is 11.3. The van der Waals surface area contributed by atoms with Crippen LogP contribution in [0.4, 0.5) is 0 Å². The van der Waals surface area contributed by atoms with Gasteiger partial charge in [-0.15, -0.1) is 0 Å². The minimum Gasteiger partial charge on any atom is -0.293 e. The third-order valence-corrected chi connectivity index (χ3v) is 2.79. The predicted molar refractivity (Wildman–Crippen MR) is 77.3 cm³/mol. The number of Topliss-reactive ketones (excluding diaryl/α,β-unsaturated/α-hetero) is 1. The van der Waals surface area contributed by atoms with Crippen molar-refractivity contribution in [2.24, 2.45) is 0 Å². The number of carbonyl (C=O) groups is 1. The zero-order valence-corrected chi connectivity index (χ0v) is 12.4. The summed E-state index contributed by atoms with van der Waals surface area (Å²) in [5, 5.41) is 0. The Kier molecular flexibility index (Phi) is 8.18. The van der Waals surface area contributed by atoms with Crippen LogP contribution >= 0.6 is 0 Å². The van der Waals surface area contributed by atoms with E-state index < -0.39 is 0 Å². The Morgan fingerprint density at radius 2 is 1.30 bits per heavy atom. The molecule has 3 rings (SSSR count). The Morgan fingerprint density at radius 3 is 1.75 bits per heavy atom. The predicted octanol–water partition coefficient (Wildman–Crippen LogP) is 3.68. The molecule has 10 radical (unpaired) electrons. The first kappa shape index (κ1) is 17.5. The summed E-state index contributed by atoms with van der Waals surface area (Å²) < 4.78 is 0. The van der Waals surface area contributed by atoms with Crippen molar-refractivity contribution in [1.82, 2.24) is 0 Å². The Bertz CT molecular complexity index is 376. The van der Waals surface area contributed by atoms with Crippen LogP contribution in [0.3, 0.4) is 0 Å². The van der Waals surface area contributed by atoms with Crippen LogP contribution in [0.1, 0.15) is 17.3 Å². The van der Waals surface area contributed by atoms with Crippen LogP contribution < -0.4 is 0 Å². The van der Waals surface area contributed by atoms with E-state index in [1.165, 1.54) is 5.92 Å². The molecule has 1 aromatic rings. The molecule has 0 bridgehead atoms. The van der Waals surface area contributed by atoms with Gasteiger partial charge in [0.15, 0.2) is 5.78 Å². The minimum atomic E-state index is 0. The molecule has 2 fully saturated rings. The van der Waals surface area contributed by atoms with E-state index in [4.69, 9.17) is 0 Å². The zero-order chi connectivity index (χ0) is 13.5. The summed E-state index contributed by atoms with van der Waals surface area (Å²) in [6.07, 6.45) is 15.6. The second-order valence-electron chi connectivity index (χ2n) is 4.33. The average Bonchev–Trinajstić information content (AvgIpc) is 3.12. The monoisotopic (exact) mass is 304 g/mol. The molecular formula is C18H16FeO. The van der Waals surface area contributed by atoms with Gasteiger partial charge >= 0.3 is 0 Å². The Morgan fingerprint density at radius 1 is 0.800 bits per heavy atom. The molecule has 0 amide bonds. The standard InChI is InChI=1S/C12H9O.C6H7.Fe/c13-12(11-8-4-5-9-11)10-6-2-1-3-7-10;1-6-4-2-3-5-6;/h1-9H;2-5H,1H3;. The molecule has 0 aliphatic heterocycles. The van der Waals surface area contributed by atoms with Crippen LogP contribution in [-0.2, 0) is 17.1 Å². The first-order valence-corrected chi connectivity index (χ1v) is 6.27. The third-order valence-electron chi connectivity index (χ3n) is 2.79. The van der Waals surface area contributed by atoms with Crippen molar-refractivity contribution in [3.8, 4) is 0 Å². The van der Waals surface area contributed by atoms with Gasteiger partial charge in [-0.05, 0) is 57.3 Å². The molecule has 102 valence electrons. The van der Waals surface area contributed by atoms with Gasteiger partial charge in [0, 0.05) is 22.6 Å². The Labute approximate surface area is 134 Å². The van der Waals surface area contributed by atoms with Crippen molar-refractivity contribution in [2.75, 3.05) is 0 Å². The largest absolute Gasteiger partial charge is 0.293 e. The van der Waals surface area contributed by atoms with Gasteiger partial charge in [0.2, 0.25) is 0 Å². The molecule has 2 heteroatoms. The first-order valence-electron chi connectivity index (χ1n) is 6.27. The van der Waals surface area contributed by atoms with Gasteiger partial charge in [0.25, 0.3) is 0 Å². The normalized spacial score (nSPS) is 19.1. The summed E-state index contributed by atoms with van der Waals surface area (Å²) in [7, 11) is 0. The fourth-order valence-electron chi connectivity index (χ4n) is 1.75. The van der Waals surface area contributed by atoms with Gasteiger partial charge in [-0.3, -0.25) is 4.79 Å². The molecule has 0 N–H and O–H groups in total. The SMILES string of the molecule is C[C]1[CH][CH][CH][CH]1.O=C([C]1[CH][CH][CH][CH]1)c1ccccc1.[Fe]. The number of hydrogen-bond acceptors (Lipinski definition) is 1. The van der Waals surface area contributed by atoms with Crippen LogP contribution in [0.25, 0.3) is 0 Å². The maximum Gasteiger partial charge on any atom is 0.170 e. The third kappa shape index (κ3) is 5.42. The van der Waals surface area contributed by atoms with Gasteiger partial charge < -0.3 is 0 Å². The maximum absolute atomic E-state index is 11.7. The van der Waals surface area contributed by atoms with Gasteiger partial charge in [-0.2, -0.15) is 0 Å². The number of hydrogen-bond donors (Lipinski definition) is 0. The quantitative estimate of drug-likeness (QED) is 0.601. The van der Waals surface area contributed by atoms with Crippen molar-refractivity contribution in [2.45, 2.75) is 6.92 Å². The summed E-state index contributed by atoms with van der Waals surface area (Å²) >= 11 is 0. The topological polar surface area (TPSA) is 17.1 Å². The van der Waals surface area contributed by atoms with Gasteiger partial charge in [-0.25, -0.2) is 0 Å². The second-order valence-corrected chi connectivity index (χ2v) is 4.33. The molecule has 0 spiro atoms. The number of ketones is 1. The molecular weight excluding hydrogens is 288 g/mol. The molecule has 2 aliphatic carbocycles. The smallest absolute Gasteiger partial charge is 0.170 e. The van der Waals surface area contributed by atoms with Crippen LogP contribution in [0, 0.1) is 63.2 Å². The van der Waals surface area contributed by atoms with Gasteiger partial charge in [-0.1, -0.05) is 37.3 Å². The molecule has 2 saturated carbocycles. The molecule has 0 unspecified atom stereocenters. The van der Waals surface area contributed by atoms with Gasteiger partial charge in [0.1, 0.15) is 0 Å². The van der Waals surface area contributed by atoms with E-state index in [1.54, 1.807) is 0 Å². The van der Waals surface area contributed by atoms with Crippen molar-refractivity contribution >= 4 is 5.78 Å². The molecule has 0 atom stereocenters. The van der Waals surface area contributed by atoms with E-state index in [1.807, 2.05) is 68.9 Å². The van der Waals surface area contributed by atoms with Crippen LogP contribution in [0.5, 0.6) is 0 Å². The van der Waals surface area contributed by atoms with E-state index in [-0.39, 0.29) is 22.9 Å². The van der Waals surface area contributed by atoms with Crippen molar-refractivity contribution in [3.05, 3.63) is 99.1 Å². The molecule has 1 aromatic carbocycles. The minimum absolute atomic E-state index is 0. The molecule has 2 aliphatic rings. The van der Waals surface area contributed by atoms with Crippen LogP contribution in [0.15, 0.2) is 30.3 Å². The van der Waals surface area contributed by atoms with E-state index in [9.17, 15) is 4.79 Å². The Balaban J connectivity index is 0.000000243. The molecule has 0 aromatic heterocycles. The second kappa shape index (κ2) is 9.36. The van der Waals surface area contributed by atoms with E-state index in [0.717, 1.165) is 11.5 Å². The summed E-state index contributed by atoms with van der Waals surface area (Å²) in [5.74, 6) is 2.19. The first-order chi connectivity index (χ1) is 9.27. The molecule has 0 heterocycles. The van der Waals surface area contributed by atoms with Crippen LogP contribution in [0.2, 0.25) is 0 Å². The summed E-state index contributed by atoms with van der Waals surface area (Å²) in [5.41, 5.74) is 0.744. The number of rotatable bonds is 2. The number of benzene rings is 1. The molecule has 0 saturated heterocycles. The van der Waals surface area contributed by atoms with E-state index in [2.05, 4.69) is 19.8 Å². The summed E-state index contributed by atoms with van der Waals surface area (Å²) in [4.78, 5) is 11.7. The fourth-order valence-corrected chi connectivity index (χ4v) is 1.75. The number of carbonyl (C=O) groups excluding carboxylic acids is 1. The maximum atomic E-state index is 11.7. The van der Waals surface area contributed by atoms with Crippen molar-refractivity contribution in [1.29, 1.82) is 0 Å². The molecule has 20 heavy (non-hydrogen) atoms. The van der Waals surface area contributed by atoms with Gasteiger partial charge in [0.05, 0.1) is 5.92 Å². The van der Waals surface area contributed by atoms with Crippen molar-refractivity contribution in [3.63, 3.8) is 0 Å². The average molecular weight is 304 g/mol. The summed E-state index contributed by atoms with van der Waals surface area (Å²) in [6.45, 7) is 2.08. The van der Waals surface area contributed by atoms with E-state index >= 15 is 0 Å². The molecule has 1 nitrogen and oxygen atoms in total. The fraction of sp³-hybridized carbons (Fsp3) is 0.0556. The van der Waals surface area contributed by atoms with Crippen molar-refractivity contribution < 1.29 is 21.9 Å². The Hall–Kier alpha value is -0.591. The summed E-state index contributed by atoms with van der Waals surface area (Å²) in [6, 6.07) is 9.30. The van der Waals surface area contributed by atoms with E-state index in [0.29, 0.717) is 0 Å². The van der Waals surface area contributed by atoms with Crippen LogP contribution in [-0.4, -0.2) is 5.78 Å².